The Hall–Kier alpha value is -6.32. The number of amides is 7. The third kappa shape index (κ3) is 20.4. The first-order valence-corrected chi connectivity index (χ1v) is 20.9. The average Bonchev–Trinajstić information content (AvgIpc) is 3.18. The fourth-order valence-electron chi connectivity index (χ4n) is 6.30. The van der Waals surface area contributed by atoms with Crippen molar-refractivity contribution in [1.29, 1.82) is 0 Å². The molecular weight excluding hydrogens is 819 g/mol. The van der Waals surface area contributed by atoms with Gasteiger partial charge in [-0.15, -0.1) is 11.8 Å². The second-order valence-electron chi connectivity index (χ2n) is 16.8. The van der Waals surface area contributed by atoms with E-state index in [2.05, 4.69) is 43.7 Å². The SMILES string of the molecule is CC#CCCC(=O)N[C@@H](CC(=O)O)C(=O)N[C@@H](CCC(=O)O)C(=O)N[C@@H](Cc1ccccc1C)C(=O)N[C@H](C(=O)N[C@@H](CC(C)C)C(=O)N[C@@H](CCCC)C(=O)C(N)=O)C(C)(C)C. The van der Waals surface area contributed by atoms with E-state index in [0.29, 0.717) is 18.4 Å². The van der Waals surface area contributed by atoms with Crippen molar-refractivity contribution in [2.75, 3.05) is 0 Å². The Bertz CT molecular complexity index is 1880. The Labute approximate surface area is 368 Å². The van der Waals surface area contributed by atoms with E-state index in [-0.39, 0.29) is 38.0 Å². The zero-order valence-corrected chi connectivity index (χ0v) is 37.5. The van der Waals surface area contributed by atoms with E-state index in [1.807, 2.05) is 6.92 Å². The highest BCUT2D eigenvalue weighted by atomic mass is 16.4. The van der Waals surface area contributed by atoms with Gasteiger partial charge in [0.15, 0.2) is 0 Å². The number of hydrogen-bond acceptors (Lipinski definition) is 10. The summed E-state index contributed by atoms with van der Waals surface area (Å²) in [6.07, 6.45) is -0.782. The summed E-state index contributed by atoms with van der Waals surface area (Å²) >= 11 is 0. The molecule has 0 aliphatic rings. The minimum Gasteiger partial charge on any atom is -0.481 e. The van der Waals surface area contributed by atoms with Gasteiger partial charge in [-0.3, -0.25) is 47.9 Å². The van der Waals surface area contributed by atoms with E-state index >= 15 is 0 Å². The Morgan fingerprint density at radius 1 is 0.698 bits per heavy atom. The number of carboxylic acids is 2. The van der Waals surface area contributed by atoms with Crippen LogP contribution in [0.15, 0.2) is 24.3 Å². The molecule has 0 aromatic heterocycles. The number of unbranched alkanes of at least 4 members (excludes halogenated alkanes) is 1. The van der Waals surface area contributed by atoms with E-state index in [1.165, 1.54) is 0 Å². The molecule has 1 aromatic carbocycles. The monoisotopic (exact) mass is 883 g/mol. The number of aryl methyl sites for hydroxylation is 1. The summed E-state index contributed by atoms with van der Waals surface area (Å²) < 4.78 is 0. The van der Waals surface area contributed by atoms with Gasteiger partial charge in [-0.1, -0.05) is 78.6 Å². The second-order valence-corrected chi connectivity index (χ2v) is 16.8. The number of Topliss-reactive ketones (excluding diaryl/α,β-unsaturated/α-hetero) is 1. The molecule has 10 N–H and O–H groups in total. The van der Waals surface area contributed by atoms with Crippen LogP contribution >= 0.6 is 0 Å². The highest BCUT2D eigenvalue weighted by molar-refractivity contribution is 6.37. The van der Waals surface area contributed by atoms with Crippen LogP contribution < -0.4 is 37.6 Å². The fraction of sp³-hybridized carbons (Fsp3) is 0.591. The summed E-state index contributed by atoms with van der Waals surface area (Å²) in [5, 5.41) is 34.1. The summed E-state index contributed by atoms with van der Waals surface area (Å²) in [4.78, 5) is 130. The van der Waals surface area contributed by atoms with Gasteiger partial charge in [0.25, 0.3) is 5.91 Å². The summed E-state index contributed by atoms with van der Waals surface area (Å²) in [7, 11) is 0. The van der Waals surface area contributed by atoms with Crippen LogP contribution in [0.25, 0.3) is 0 Å². The number of carbonyl (C=O) groups is 10. The van der Waals surface area contributed by atoms with Crippen LogP contribution in [0.3, 0.4) is 0 Å². The maximum absolute atomic E-state index is 14.3. The molecule has 0 saturated carbocycles. The van der Waals surface area contributed by atoms with Crippen LogP contribution in [0, 0.1) is 30.1 Å². The number of aliphatic carboxylic acids is 2. The van der Waals surface area contributed by atoms with Crippen LogP contribution in [0.5, 0.6) is 0 Å². The van der Waals surface area contributed by atoms with E-state index in [4.69, 9.17) is 5.73 Å². The molecule has 6 atom stereocenters. The van der Waals surface area contributed by atoms with E-state index in [9.17, 15) is 58.2 Å². The van der Waals surface area contributed by atoms with Gasteiger partial charge in [-0.2, -0.15) is 0 Å². The molecule has 0 saturated heterocycles. The molecule has 0 spiro atoms. The molecule has 348 valence electrons. The smallest absolute Gasteiger partial charge is 0.305 e. The highest BCUT2D eigenvalue weighted by Crippen LogP contribution is 2.21. The van der Waals surface area contributed by atoms with Crippen molar-refractivity contribution in [3.63, 3.8) is 0 Å². The molecule has 19 heteroatoms. The molecule has 0 heterocycles. The zero-order chi connectivity index (χ0) is 48.0. The van der Waals surface area contributed by atoms with Gasteiger partial charge in [-0.25, -0.2) is 0 Å². The predicted molar refractivity (Wildman–Crippen MR) is 231 cm³/mol. The van der Waals surface area contributed by atoms with E-state index in [1.54, 1.807) is 72.7 Å². The third-order valence-electron chi connectivity index (χ3n) is 9.76. The van der Waals surface area contributed by atoms with Gasteiger partial charge in [-0.05, 0) is 55.6 Å². The van der Waals surface area contributed by atoms with Gasteiger partial charge in [0, 0.05) is 25.7 Å². The lowest BCUT2D eigenvalue weighted by molar-refractivity contribution is -0.141. The normalized spacial score (nSPS) is 13.9. The standard InChI is InChI=1S/C44H65N7O12/c1-9-11-13-19-33(52)46-32(24-35(55)56)41(61)48-29(20-21-34(53)54)39(59)49-31(23-27-17-15-14-16-26(27)5)42(62)51-37(44(6,7)8)43(63)50-30(22-25(3)4)40(60)47-28(18-12-10-2)36(57)38(45)58/h14-17,25,28-32,37H,10,12-13,18-24H2,1-8H3,(H2,45,58)(H,46,52)(H,47,60)(H,48,61)(H,49,59)(H,50,63)(H,51,62)(H,53,54)(H,55,56)/t28-,29-,30-,31-,32-,37+/m0/s1. The summed E-state index contributed by atoms with van der Waals surface area (Å²) in [6, 6.07) is -1.61. The molecule has 0 radical (unpaired) electrons. The van der Waals surface area contributed by atoms with Crippen molar-refractivity contribution in [2.24, 2.45) is 17.1 Å². The lowest BCUT2D eigenvalue weighted by atomic mass is 9.85. The lowest BCUT2D eigenvalue weighted by Gasteiger charge is -2.34. The number of nitrogens with one attached hydrogen (secondary N) is 6. The molecule has 0 fully saturated rings. The quantitative estimate of drug-likeness (QED) is 0.0440. The molecule has 19 nitrogen and oxygen atoms in total. The first kappa shape index (κ1) is 54.7. The second kappa shape index (κ2) is 26.9. The Morgan fingerprint density at radius 3 is 1.79 bits per heavy atom. The maximum Gasteiger partial charge on any atom is 0.305 e. The summed E-state index contributed by atoms with van der Waals surface area (Å²) in [6.45, 7) is 13.7. The molecule has 0 bridgehead atoms. The topological polar surface area (TPSA) is 309 Å². The number of ketones is 1. The average molecular weight is 884 g/mol. The van der Waals surface area contributed by atoms with Gasteiger partial charge in [0.1, 0.15) is 30.2 Å². The van der Waals surface area contributed by atoms with Crippen LogP contribution in [0.4, 0.5) is 0 Å². The van der Waals surface area contributed by atoms with Crippen LogP contribution in [0.1, 0.15) is 117 Å². The van der Waals surface area contributed by atoms with E-state index in [0.717, 1.165) is 5.56 Å². The minimum absolute atomic E-state index is 0.105. The van der Waals surface area contributed by atoms with Crippen molar-refractivity contribution >= 4 is 59.1 Å². The molecule has 0 aliphatic carbocycles. The molecular formula is C44H65N7O12. The molecule has 7 amide bonds. The highest BCUT2D eigenvalue weighted by Gasteiger charge is 2.39. The molecule has 1 rings (SSSR count). The first-order valence-electron chi connectivity index (χ1n) is 20.9. The van der Waals surface area contributed by atoms with E-state index < -0.39 is 120 Å². The molecule has 63 heavy (non-hydrogen) atoms. The summed E-state index contributed by atoms with van der Waals surface area (Å²) in [5.41, 5.74) is 5.56. The largest absolute Gasteiger partial charge is 0.481 e. The number of nitrogens with two attached hydrogens (primary N) is 1. The molecule has 0 unspecified atom stereocenters. The Kier molecular flexibility index (Phi) is 23.3. The summed E-state index contributed by atoms with van der Waals surface area (Å²) in [5.74, 6) is -5.07. The fourth-order valence-corrected chi connectivity index (χ4v) is 6.30. The zero-order valence-electron chi connectivity index (χ0n) is 37.5. The number of rotatable bonds is 27. The van der Waals surface area contributed by atoms with Crippen LogP contribution in [-0.2, 0) is 54.4 Å². The number of primary amides is 1. The minimum atomic E-state index is -1.66. The predicted octanol–water partition coefficient (Wildman–Crippen LogP) is 0.926. The number of carboxylic acid groups (broad SMARTS) is 2. The number of hydrogen-bond donors (Lipinski definition) is 9. The van der Waals surface area contributed by atoms with Gasteiger partial charge >= 0.3 is 11.9 Å². The lowest BCUT2D eigenvalue weighted by Crippen LogP contribution is -2.62. The van der Waals surface area contributed by atoms with Gasteiger partial charge in [0.2, 0.25) is 41.2 Å². The molecule has 0 aliphatic heterocycles. The van der Waals surface area contributed by atoms with Crippen molar-refractivity contribution in [3.8, 4) is 11.8 Å². The van der Waals surface area contributed by atoms with Crippen LogP contribution in [0.2, 0.25) is 0 Å². The van der Waals surface area contributed by atoms with Crippen molar-refractivity contribution in [2.45, 2.75) is 156 Å². The third-order valence-corrected chi connectivity index (χ3v) is 9.76. The number of carbonyl (C=O) groups excluding carboxylic acids is 8. The number of benzene rings is 1. The molecule has 1 aromatic rings. The Morgan fingerprint density at radius 2 is 1.25 bits per heavy atom. The van der Waals surface area contributed by atoms with Crippen molar-refractivity contribution in [1.82, 2.24) is 31.9 Å². The van der Waals surface area contributed by atoms with Crippen molar-refractivity contribution in [3.05, 3.63) is 35.4 Å². The van der Waals surface area contributed by atoms with Gasteiger partial charge < -0.3 is 47.8 Å². The van der Waals surface area contributed by atoms with Crippen LogP contribution in [-0.4, -0.2) is 106 Å². The van der Waals surface area contributed by atoms with Gasteiger partial charge in [0.05, 0.1) is 12.5 Å². The maximum atomic E-state index is 14.3. The van der Waals surface area contributed by atoms with Crippen molar-refractivity contribution < 1.29 is 58.2 Å². The first-order chi connectivity index (χ1) is 29.4. The Balaban J connectivity index is 3.59.